The SMILES string of the molecule is O=C(CCn1ccccc1=O)N1CCC2(CC1)CC(O)CN(C1CCOCC1)C2. The molecule has 1 unspecified atom stereocenters. The largest absolute Gasteiger partial charge is 0.392 e. The second-order valence-electron chi connectivity index (χ2n) is 8.99. The Morgan fingerprint density at radius 2 is 1.97 bits per heavy atom. The maximum Gasteiger partial charge on any atom is 0.250 e. The fraction of sp³-hybridized carbons (Fsp3) is 0.727. The van der Waals surface area contributed by atoms with Gasteiger partial charge in [-0.2, -0.15) is 0 Å². The third-order valence-corrected chi connectivity index (χ3v) is 7.00. The van der Waals surface area contributed by atoms with Crippen molar-refractivity contribution in [2.45, 2.75) is 57.2 Å². The van der Waals surface area contributed by atoms with Gasteiger partial charge in [-0.15, -0.1) is 0 Å². The number of hydrogen-bond donors (Lipinski definition) is 1. The molecule has 3 fully saturated rings. The molecule has 160 valence electrons. The first-order valence-electron chi connectivity index (χ1n) is 11.0. The summed E-state index contributed by atoms with van der Waals surface area (Å²) in [6.45, 7) is 5.34. The minimum Gasteiger partial charge on any atom is -0.392 e. The second-order valence-corrected chi connectivity index (χ2v) is 8.99. The highest BCUT2D eigenvalue weighted by atomic mass is 16.5. The van der Waals surface area contributed by atoms with E-state index in [1.165, 1.54) is 6.07 Å². The first-order chi connectivity index (χ1) is 14.0. The molecule has 0 saturated carbocycles. The Bertz CT molecular complexity index is 750. The maximum absolute atomic E-state index is 12.7. The average Bonchev–Trinajstić information content (AvgIpc) is 2.73. The van der Waals surface area contributed by atoms with E-state index >= 15 is 0 Å². The van der Waals surface area contributed by atoms with E-state index in [1.807, 2.05) is 11.0 Å². The predicted octanol–water partition coefficient (Wildman–Crippen LogP) is 1.09. The number of aliphatic hydroxyl groups is 1. The summed E-state index contributed by atoms with van der Waals surface area (Å²) in [4.78, 5) is 28.9. The highest BCUT2D eigenvalue weighted by Crippen LogP contribution is 2.41. The predicted molar refractivity (Wildman–Crippen MR) is 110 cm³/mol. The first kappa shape index (κ1) is 20.6. The topological polar surface area (TPSA) is 75.0 Å². The molecule has 0 aromatic carbocycles. The Balaban J connectivity index is 1.31. The molecule has 1 spiro atoms. The van der Waals surface area contributed by atoms with Gasteiger partial charge in [0.15, 0.2) is 0 Å². The monoisotopic (exact) mass is 403 g/mol. The normalized spacial score (nSPS) is 26.0. The Hall–Kier alpha value is -1.70. The van der Waals surface area contributed by atoms with Gasteiger partial charge in [-0.25, -0.2) is 0 Å². The summed E-state index contributed by atoms with van der Waals surface area (Å²) in [5, 5.41) is 10.6. The van der Waals surface area contributed by atoms with E-state index in [1.54, 1.807) is 16.8 Å². The smallest absolute Gasteiger partial charge is 0.250 e. The number of piperidine rings is 2. The molecule has 1 aromatic heterocycles. The van der Waals surface area contributed by atoms with Gasteiger partial charge in [0, 0.05) is 70.7 Å². The van der Waals surface area contributed by atoms with Crippen molar-refractivity contribution in [2.24, 2.45) is 5.41 Å². The zero-order valence-electron chi connectivity index (χ0n) is 17.2. The minimum absolute atomic E-state index is 0.0673. The molecule has 0 radical (unpaired) electrons. The van der Waals surface area contributed by atoms with Crippen LogP contribution in [0.15, 0.2) is 29.2 Å². The van der Waals surface area contributed by atoms with Gasteiger partial charge in [0.1, 0.15) is 0 Å². The van der Waals surface area contributed by atoms with E-state index in [-0.39, 0.29) is 23.0 Å². The van der Waals surface area contributed by atoms with Gasteiger partial charge in [-0.05, 0) is 43.6 Å². The lowest BCUT2D eigenvalue weighted by molar-refractivity contribution is -0.136. The number of rotatable bonds is 4. The molecule has 3 aliphatic heterocycles. The Kier molecular flexibility index (Phi) is 6.37. The zero-order chi connectivity index (χ0) is 20.3. The minimum atomic E-state index is -0.279. The summed E-state index contributed by atoms with van der Waals surface area (Å²) in [6.07, 6.45) is 6.63. The number of ether oxygens (including phenoxy) is 1. The summed E-state index contributed by atoms with van der Waals surface area (Å²) in [7, 11) is 0. The van der Waals surface area contributed by atoms with Crippen LogP contribution in [0.5, 0.6) is 0 Å². The van der Waals surface area contributed by atoms with Crippen LogP contribution < -0.4 is 5.56 Å². The number of nitrogens with zero attached hydrogens (tertiary/aromatic N) is 3. The van der Waals surface area contributed by atoms with Gasteiger partial charge < -0.3 is 19.3 Å². The van der Waals surface area contributed by atoms with Crippen molar-refractivity contribution in [2.75, 3.05) is 39.4 Å². The van der Waals surface area contributed by atoms with Gasteiger partial charge in [0.25, 0.3) is 5.56 Å². The fourth-order valence-corrected chi connectivity index (χ4v) is 5.34. The van der Waals surface area contributed by atoms with E-state index in [4.69, 9.17) is 4.74 Å². The van der Waals surface area contributed by atoms with Gasteiger partial charge in [-0.3, -0.25) is 14.5 Å². The molecule has 3 aliphatic rings. The van der Waals surface area contributed by atoms with E-state index < -0.39 is 0 Å². The van der Waals surface area contributed by atoms with Crippen LogP contribution in [0.1, 0.15) is 38.5 Å². The molecule has 0 aliphatic carbocycles. The quantitative estimate of drug-likeness (QED) is 0.815. The lowest BCUT2D eigenvalue weighted by Crippen LogP contribution is -2.57. The van der Waals surface area contributed by atoms with Crippen molar-refractivity contribution in [1.29, 1.82) is 0 Å². The van der Waals surface area contributed by atoms with Crippen LogP contribution in [0.25, 0.3) is 0 Å². The second kappa shape index (κ2) is 8.98. The molecule has 1 aromatic rings. The third kappa shape index (κ3) is 4.90. The van der Waals surface area contributed by atoms with Crippen LogP contribution in [0.3, 0.4) is 0 Å². The highest BCUT2D eigenvalue weighted by Gasteiger charge is 2.43. The Labute approximate surface area is 172 Å². The molecule has 4 rings (SSSR count). The highest BCUT2D eigenvalue weighted by molar-refractivity contribution is 5.76. The number of aryl methyl sites for hydroxylation is 1. The molecule has 7 heteroatoms. The molecule has 4 heterocycles. The number of carbonyl (C=O) groups is 1. The summed E-state index contributed by atoms with van der Waals surface area (Å²) in [6, 6.07) is 5.56. The van der Waals surface area contributed by atoms with Gasteiger partial charge >= 0.3 is 0 Å². The van der Waals surface area contributed by atoms with Gasteiger partial charge in [-0.1, -0.05) is 6.07 Å². The number of hydrogen-bond acceptors (Lipinski definition) is 5. The van der Waals surface area contributed by atoms with Crippen LogP contribution in [-0.2, 0) is 16.1 Å². The van der Waals surface area contributed by atoms with Crippen LogP contribution in [0.2, 0.25) is 0 Å². The zero-order valence-corrected chi connectivity index (χ0v) is 17.2. The van der Waals surface area contributed by atoms with Crippen molar-refractivity contribution in [1.82, 2.24) is 14.4 Å². The number of aliphatic hydroxyl groups excluding tert-OH is 1. The molecule has 1 amide bonds. The van der Waals surface area contributed by atoms with E-state index in [2.05, 4.69) is 4.90 Å². The number of carbonyl (C=O) groups excluding carboxylic acids is 1. The number of aromatic nitrogens is 1. The molecule has 0 bridgehead atoms. The molecular weight excluding hydrogens is 370 g/mol. The fourth-order valence-electron chi connectivity index (χ4n) is 5.34. The van der Waals surface area contributed by atoms with Crippen molar-refractivity contribution in [3.8, 4) is 0 Å². The lowest BCUT2D eigenvalue weighted by Gasteiger charge is -2.51. The third-order valence-electron chi connectivity index (χ3n) is 7.00. The molecule has 3 saturated heterocycles. The first-order valence-corrected chi connectivity index (χ1v) is 11.0. The molecule has 1 N–H and O–H groups in total. The van der Waals surface area contributed by atoms with Crippen molar-refractivity contribution >= 4 is 5.91 Å². The number of β-amino-alcohol motifs (C(OH)–C–C–N with tert-alkyl or cyclic N) is 1. The Morgan fingerprint density at radius 1 is 1.21 bits per heavy atom. The number of amides is 1. The molecule has 29 heavy (non-hydrogen) atoms. The van der Waals surface area contributed by atoms with Crippen molar-refractivity contribution in [3.63, 3.8) is 0 Å². The molecule has 7 nitrogen and oxygen atoms in total. The molecule has 1 atom stereocenters. The van der Waals surface area contributed by atoms with E-state index in [0.717, 1.165) is 71.5 Å². The van der Waals surface area contributed by atoms with E-state index in [9.17, 15) is 14.7 Å². The lowest BCUT2D eigenvalue weighted by atomic mass is 9.71. The van der Waals surface area contributed by atoms with Crippen molar-refractivity contribution in [3.05, 3.63) is 34.7 Å². The molecular formula is C22H33N3O4. The van der Waals surface area contributed by atoms with Crippen LogP contribution >= 0.6 is 0 Å². The number of likely N-dealkylation sites (tertiary alicyclic amines) is 2. The summed E-state index contributed by atoms with van der Waals surface area (Å²) in [5.74, 6) is 0.119. The summed E-state index contributed by atoms with van der Waals surface area (Å²) < 4.78 is 7.09. The summed E-state index contributed by atoms with van der Waals surface area (Å²) in [5.41, 5.74) is 0.0469. The van der Waals surface area contributed by atoms with Crippen LogP contribution in [0, 0.1) is 5.41 Å². The summed E-state index contributed by atoms with van der Waals surface area (Å²) >= 11 is 0. The van der Waals surface area contributed by atoms with Gasteiger partial charge in [0.05, 0.1) is 6.10 Å². The van der Waals surface area contributed by atoms with E-state index in [0.29, 0.717) is 19.0 Å². The van der Waals surface area contributed by atoms with Crippen LogP contribution in [-0.4, -0.2) is 76.9 Å². The van der Waals surface area contributed by atoms with Crippen molar-refractivity contribution < 1.29 is 14.6 Å². The van der Waals surface area contributed by atoms with Crippen LogP contribution in [0.4, 0.5) is 0 Å². The number of pyridine rings is 1. The average molecular weight is 404 g/mol. The maximum atomic E-state index is 12.7. The Morgan fingerprint density at radius 3 is 2.69 bits per heavy atom. The standard InChI is InChI=1S/C22H33N3O4/c26-19-15-22(17-25(16-19)18-5-13-29-14-6-18)7-11-24(12-8-22)21(28)4-10-23-9-2-1-3-20(23)27/h1-3,9,18-19,26H,4-8,10-17H2. The van der Waals surface area contributed by atoms with Gasteiger partial charge in [0.2, 0.25) is 5.91 Å².